The molecule has 0 aliphatic rings. The Bertz CT molecular complexity index is 1210. The molecule has 0 bridgehead atoms. The van der Waals surface area contributed by atoms with E-state index in [0.29, 0.717) is 52.9 Å². The van der Waals surface area contributed by atoms with Gasteiger partial charge in [0.15, 0.2) is 11.5 Å². The third kappa shape index (κ3) is 7.63. The van der Waals surface area contributed by atoms with Crippen LogP contribution in [0.4, 0.5) is 5.13 Å². The van der Waals surface area contributed by atoms with E-state index in [1.54, 1.807) is 25.3 Å². The highest BCUT2D eigenvalue weighted by Gasteiger charge is 2.14. The van der Waals surface area contributed by atoms with Gasteiger partial charge >= 0.3 is 0 Å². The fourth-order valence-corrected chi connectivity index (χ4v) is 3.93. The summed E-state index contributed by atoms with van der Waals surface area (Å²) in [6.45, 7) is 2.92. The van der Waals surface area contributed by atoms with E-state index >= 15 is 0 Å². The van der Waals surface area contributed by atoms with E-state index in [-0.39, 0.29) is 5.57 Å². The molecule has 0 unspecified atom stereocenters. The average molecular weight is 513 g/mol. The Morgan fingerprint density at radius 1 is 1.11 bits per heavy atom. The maximum atomic E-state index is 12.5. The fraction of sp³-hybridized carbons (Fsp3) is 0.250. The Labute approximate surface area is 211 Å². The van der Waals surface area contributed by atoms with E-state index < -0.39 is 5.91 Å². The molecule has 1 amide bonds. The molecule has 2 aromatic carbocycles. The molecule has 1 N–H and O–H groups in total. The number of nitriles is 1. The number of methoxy groups -OCH3 is 1. The molecule has 0 aliphatic heterocycles. The lowest BCUT2D eigenvalue weighted by Crippen LogP contribution is -2.13. The number of nitrogens with one attached hydrogen (secondary N) is 1. The molecule has 0 radical (unpaired) electrons. The van der Waals surface area contributed by atoms with Crippen molar-refractivity contribution in [3.8, 4) is 29.1 Å². The summed E-state index contributed by atoms with van der Waals surface area (Å²) >= 11 is 2.42. The van der Waals surface area contributed by atoms with Crippen molar-refractivity contribution < 1.29 is 23.7 Å². The number of carbonyl (C=O) groups is 1. The molecule has 182 valence electrons. The molecule has 9 nitrogen and oxygen atoms in total. The fourth-order valence-electron chi connectivity index (χ4n) is 2.81. The smallest absolute Gasteiger partial charge is 0.268 e. The summed E-state index contributed by atoms with van der Waals surface area (Å²) in [6, 6.07) is 14.4. The minimum Gasteiger partial charge on any atom is -0.497 e. The first-order valence-corrected chi connectivity index (χ1v) is 12.5. The monoisotopic (exact) mass is 512 g/mol. The second-order valence-corrected chi connectivity index (χ2v) is 8.25. The van der Waals surface area contributed by atoms with Crippen LogP contribution in [0, 0.1) is 11.3 Å². The number of nitrogens with zero attached hydrogens (tertiary/aromatic N) is 3. The zero-order chi connectivity index (χ0) is 25.0. The van der Waals surface area contributed by atoms with Gasteiger partial charge in [-0.2, -0.15) is 14.6 Å². The maximum Gasteiger partial charge on any atom is 0.268 e. The second kappa shape index (κ2) is 13.2. The molecule has 35 heavy (non-hydrogen) atoms. The number of carbonyl (C=O) groups excluding carboxylic acids is 1. The van der Waals surface area contributed by atoms with Crippen molar-refractivity contribution >= 4 is 40.4 Å². The first-order valence-electron chi connectivity index (χ1n) is 10.5. The SMILES string of the molecule is CCOc1cc(/C=C(/C#N)C(=O)Nc2nc(SC)ns2)ccc1OCCOc1ccc(OC)cc1. The lowest BCUT2D eigenvalue weighted by Gasteiger charge is -2.13. The van der Waals surface area contributed by atoms with Gasteiger partial charge < -0.3 is 18.9 Å². The first kappa shape index (κ1) is 25.9. The molecule has 0 atom stereocenters. The highest BCUT2D eigenvalue weighted by atomic mass is 32.2. The molecular weight excluding hydrogens is 488 g/mol. The van der Waals surface area contributed by atoms with Gasteiger partial charge in [0.05, 0.1) is 13.7 Å². The molecule has 1 heterocycles. The molecule has 0 fully saturated rings. The van der Waals surface area contributed by atoms with Crippen LogP contribution in [-0.4, -0.2) is 48.5 Å². The van der Waals surface area contributed by atoms with Crippen molar-refractivity contribution in [3.05, 3.63) is 53.6 Å². The van der Waals surface area contributed by atoms with Crippen LogP contribution in [0.15, 0.2) is 53.2 Å². The summed E-state index contributed by atoms with van der Waals surface area (Å²) in [4.78, 5) is 16.7. The number of rotatable bonds is 12. The Balaban J connectivity index is 1.63. The van der Waals surface area contributed by atoms with Crippen LogP contribution < -0.4 is 24.3 Å². The Hall–Kier alpha value is -3.75. The number of hydrogen-bond donors (Lipinski definition) is 1. The number of hydrogen-bond acceptors (Lipinski definition) is 10. The Morgan fingerprint density at radius 2 is 1.86 bits per heavy atom. The molecule has 0 spiro atoms. The molecule has 3 rings (SSSR count). The summed E-state index contributed by atoms with van der Waals surface area (Å²) in [5.41, 5.74) is 0.541. The van der Waals surface area contributed by atoms with Crippen LogP contribution in [0.5, 0.6) is 23.0 Å². The van der Waals surface area contributed by atoms with E-state index in [2.05, 4.69) is 14.7 Å². The Kier molecular flexibility index (Phi) is 9.77. The Morgan fingerprint density at radius 3 is 2.51 bits per heavy atom. The van der Waals surface area contributed by atoms with Crippen LogP contribution in [0.3, 0.4) is 0 Å². The van der Waals surface area contributed by atoms with Crippen molar-refractivity contribution in [1.82, 2.24) is 9.36 Å². The molecule has 0 saturated carbocycles. The van der Waals surface area contributed by atoms with Gasteiger partial charge in [-0.05, 0) is 61.2 Å². The molecular formula is C24H24N4O5S2. The van der Waals surface area contributed by atoms with Gasteiger partial charge in [0.1, 0.15) is 36.4 Å². The summed E-state index contributed by atoms with van der Waals surface area (Å²) in [5.74, 6) is 1.93. The molecule has 0 saturated heterocycles. The zero-order valence-corrected chi connectivity index (χ0v) is 21.1. The van der Waals surface area contributed by atoms with Crippen LogP contribution in [-0.2, 0) is 4.79 Å². The van der Waals surface area contributed by atoms with Crippen LogP contribution in [0.2, 0.25) is 0 Å². The average Bonchev–Trinajstić information content (AvgIpc) is 3.34. The van der Waals surface area contributed by atoms with E-state index in [1.165, 1.54) is 17.8 Å². The molecule has 1 aromatic heterocycles. The normalized spacial score (nSPS) is 10.9. The van der Waals surface area contributed by atoms with E-state index in [4.69, 9.17) is 18.9 Å². The number of ether oxygens (including phenoxy) is 4. The summed E-state index contributed by atoms with van der Waals surface area (Å²) < 4.78 is 26.4. The van der Waals surface area contributed by atoms with Crippen molar-refractivity contribution in [3.63, 3.8) is 0 Å². The van der Waals surface area contributed by atoms with E-state index in [1.807, 2.05) is 43.5 Å². The van der Waals surface area contributed by atoms with Gasteiger partial charge in [-0.3, -0.25) is 10.1 Å². The predicted molar refractivity (Wildman–Crippen MR) is 136 cm³/mol. The van der Waals surface area contributed by atoms with Crippen molar-refractivity contribution in [2.24, 2.45) is 0 Å². The quantitative estimate of drug-likeness (QED) is 0.160. The van der Waals surface area contributed by atoms with Crippen molar-refractivity contribution in [1.29, 1.82) is 5.26 Å². The van der Waals surface area contributed by atoms with Gasteiger partial charge in [0.25, 0.3) is 5.91 Å². The lowest BCUT2D eigenvalue weighted by atomic mass is 10.1. The molecule has 11 heteroatoms. The maximum absolute atomic E-state index is 12.5. The standard InChI is InChI=1S/C24H24N4O5S2/c1-4-31-21-14-16(13-17(15-25)22(29)26-23-27-24(34-3)28-35-23)5-10-20(21)33-12-11-32-19-8-6-18(30-2)7-9-19/h5-10,13-14H,4,11-12H2,1-3H3,(H,26,27,28,29)/b17-13-. The minimum atomic E-state index is -0.565. The number of benzene rings is 2. The lowest BCUT2D eigenvalue weighted by molar-refractivity contribution is -0.112. The number of aromatic nitrogens is 2. The van der Waals surface area contributed by atoms with Gasteiger partial charge in [-0.15, -0.1) is 0 Å². The molecule has 3 aromatic rings. The van der Waals surface area contributed by atoms with Crippen LogP contribution in [0.1, 0.15) is 12.5 Å². The summed E-state index contributed by atoms with van der Waals surface area (Å²) in [6.07, 6.45) is 3.32. The number of anilines is 1. The highest BCUT2D eigenvalue weighted by Crippen LogP contribution is 2.30. The highest BCUT2D eigenvalue weighted by molar-refractivity contribution is 7.98. The van der Waals surface area contributed by atoms with Gasteiger partial charge in [-0.25, -0.2) is 0 Å². The third-order valence-electron chi connectivity index (χ3n) is 4.42. The largest absolute Gasteiger partial charge is 0.497 e. The van der Waals surface area contributed by atoms with E-state index in [9.17, 15) is 10.1 Å². The van der Waals surface area contributed by atoms with Gasteiger partial charge in [-0.1, -0.05) is 17.8 Å². The van der Waals surface area contributed by atoms with Gasteiger partial charge in [0.2, 0.25) is 10.3 Å². The first-order chi connectivity index (χ1) is 17.1. The van der Waals surface area contributed by atoms with Crippen molar-refractivity contribution in [2.45, 2.75) is 12.1 Å². The van der Waals surface area contributed by atoms with Crippen LogP contribution in [0.25, 0.3) is 6.08 Å². The second-order valence-electron chi connectivity index (χ2n) is 6.72. The minimum absolute atomic E-state index is 0.0742. The van der Waals surface area contributed by atoms with Crippen LogP contribution >= 0.6 is 23.3 Å². The predicted octanol–water partition coefficient (Wildman–Crippen LogP) is 4.67. The summed E-state index contributed by atoms with van der Waals surface area (Å²) in [5, 5.41) is 13.0. The zero-order valence-electron chi connectivity index (χ0n) is 19.4. The molecule has 0 aliphatic carbocycles. The van der Waals surface area contributed by atoms with Gasteiger partial charge in [0, 0.05) is 11.5 Å². The topological polar surface area (TPSA) is 116 Å². The van der Waals surface area contributed by atoms with Crippen molar-refractivity contribution in [2.75, 3.05) is 38.5 Å². The van der Waals surface area contributed by atoms with E-state index in [0.717, 1.165) is 17.3 Å². The number of amides is 1. The summed E-state index contributed by atoms with van der Waals surface area (Å²) in [7, 11) is 1.61. The third-order valence-corrected chi connectivity index (χ3v) is 5.72. The number of thioether (sulfide) groups is 1.